The van der Waals surface area contributed by atoms with Crippen LogP contribution in [0.25, 0.3) is 22.2 Å². The summed E-state index contributed by atoms with van der Waals surface area (Å²) >= 11 is 0. The average Bonchev–Trinajstić information content (AvgIpc) is 3.10. The zero-order valence-corrected chi connectivity index (χ0v) is 14.2. The van der Waals surface area contributed by atoms with Crippen LogP contribution in [0, 0.1) is 0 Å². The Bertz CT molecular complexity index is 1040. The number of fused-ring (bicyclic) bond motifs is 1. The fourth-order valence-corrected chi connectivity index (χ4v) is 2.94. The van der Waals surface area contributed by atoms with E-state index in [-0.39, 0.29) is 12.5 Å². The van der Waals surface area contributed by atoms with Gasteiger partial charge in [0.05, 0.1) is 17.9 Å². The van der Waals surface area contributed by atoms with Gasteiger partial charge < -0.3 is 9.88 Å². The van der Waals surface area contributed by atoms with E-state index in [1.54, 1.807) is 0 Å². The van der Waals surface area contributed by atoms with Gasteiger partial charge in [-0.1, -0.05) is 48.5 Å². The molecule has 2 aromatic carbocycles. The van der Waals surface area contributed by atoms with Crippen LogP contribution in [0.5, 0.6) is 0 Å². The van der Waals surface area contributed by atoms with Crippen LogP contribution in [0.1, 0.15) is 5.69 Å². The number of nitrogens with one attached hydrogen (secondary N) is 1. The van der Waals surface area contributed by atoms with Gasteiger partial charge in [0.2, 0.25) is 5.91 Å². The van der Waals surface area contributed by atoms with Crippen LogP contribution >= 0.6 is 0 Å². The van der Waals surface area contributed by atoms with E-state index in [1.165, 1.54) is 6.33 Å². The fraction of sp³-hybridized carbons (Fsp3) is 0.0952. The van der Waals surface area contributed by atoms with Gasteiger partial charge in [0.1, 0.15) is 12.9 Å². The minimum Gasteiger partial charge on any atom is -0.349 e. The van der Waals surface area contributed by atoms with Crippen molar-refractivity contribution in [3.8, 4) is 11.3 Å². The molecule has 0 aliphatic rings. The van der Waals surface area contributed by atoms with Crippen molar-refractivity contribution in [1.82, 2.24) is 19.9 Å². The number of nitrogens with zero attached hydrogens (tertiary/aromatic N) is 3. The molecule has 4 aromatic rings. The number of hydrogen-bond donors (Lipinski definition) is 1. The SMILES string of the molecule is O=C(Cn1ccc2ccccc21)NCc1cc(-c2ccccc2)ncn1. The summed E-state index contributed by atoms with van der Waals surface area (Å²) in [5, 5.41) is 4.06. The topological polar surface area (TPSA) is 59.8 Å². The van der Waals surface area contributed by atoms with E-state index >= 15 is 0 Å². The summed E-state index contributed by atoms with van der Waals surface area (Å²) in [6.07, 6.45) is 3.46. The summed E-state index contributed by atoms with van der Waals surface area (Å²) in [5.41, 5.74) is 3.71. The van der Waals surface area contributed by atoms with E-state index in [0.717, 1.165) is 27.9 Å². The minimum absolute atomic E-state index is 0.0498. The first-order chi connectivity index (χ1) is 12.8. The molecule has 2 aromatic heterocycles. The third-order valence-electron chi connectivity index (χ3n) is 4.25. The highest BCUT2D eigenvalue weighted by Crippen LogP contribution is 2.16. The molecule has 5 heteroatoms. The van der Waals surface area contributed by atoms with Crippen LogP contribution in [0.3, 0.4) is 0 Å². The summed E-state index contributed by atoms with van der Waals surface area (Å²) in [6.45, 7) is 0.657. The van der Waals surface area contributed by atoms with E-state index in [2.05, 4.69) is 15.3 Å². The first-order valence-corrected chi connectivity index (χ1v) is 8.46. The predicted molar refractivity (Wildman–Crippen MR) is 101 cm³/mol. The van der Waals surface area contributed by atoms with Crippen molar-refractivity contribution in [1.29, 1.82) is 0 Å². The Hall–Kier alpha value is -3.47. The Morgan fingerprint density at radius 3 is 2.65 bits per heavy atom. The number of amides is 1. The molecule has 4 rings (SSSR count). The molecule has 0 aliphatic heterocycles. The molecule has 1 N–H and O–H groups in total. The molecule has 0 radical (unpaired) electrons. The van der Waals surface area contributed by atoms with Gasteiger partial charge in [-0.05, 0) is 23.6 Å². The van der Waals surface area contributed by atoms with Gasteiger partial charge in [-0.25, -0.2) is 9.97 Å². The quantitative estimate of drug-likeness (QED) is 0.604. The molecule has 0 bridgehead atoms. The van der Waals surface area contributed by atoms with Crippen LogP contribution in [-0.4, -0.2) is 20.4 Å². The van der Waals surface area contributed by atoms with Gasteiger partial charge in [-0.3, -0.25) is 4.79 Å². The number of aromatic nitrogens is 3. The minimum atomic E-state index is -0.0498. The molecule has 0 saturated heterocycles. The number of benzene rings is 2. The molecule has 1 amide bonds. The fourth-order valence-electron chi connectivity index (χ4n) is 2.94. The van der Waals surface area contributed by atoms with Gasteiger partial charge in [0, 0.05) is 17.3 Å². The highest BCUT2D eigenvalue weighted by atomic mass is 16.1. The molecule has 0 spiro atoms. The van der Waals surface area contributed by atoms with Gasteiger partial charge >= 0.3 is 0 Å². The summed E-state index contributed by atoms with van der Waals surface area (Å²) < 4.78 is 1.94. The van der Waals surface area contributed by atoms with Crippen molar-refractivity contribution in [2.45, 2.75) is 13.1 Å². The van der Waals surface area contributed by atoms with Crippen LogP contribution in [0.4, 0.5) is 0 Å². The zero-order chi connectivity index (χ0) is 17.8. The summed E-state index contributed by atoms with van der Waals surface area (Å²) in [5.74, 6) is -0.0498. The van der Waals surface area contributed by atoms with Crippen molar-refractivity contribution < 1.29 is 4.79 Å². The molecule has 0 aliphatic carbocycles. The standard InChI is InChI=1S/C21H18N4O/c26-21(14-25-11-10-17-8-4-5-9-20(17)25)22-13-18-12-19(24-15-23-18)16-6-2-1-3-7-16/h1-12,15H,13-14H2,(H,22,26). The number of carbonyl (C=O) groups excluding carboxylic acids is 1. The third kappa shape index (κ3) is 3.47. The van der Waals surface area contributed by atoms with Gasteiger partial charge in [-0.15, -0.1) is 0 Å². The van der Waals surface area contributed by atoms with Crippen LogP contribution < -0.4 is 5.32 Å². The second-order valence-electron chi connectivity index (χ2n) is 6.04. The van der Waals surface area contributed by atoms with Crippen LogP contribution in [0.2, 0.25) is 0 Å². The molecule has 0 fully saturated rings. The lowest BCUT2D eigenvalue weighted by Crippen LogP contribution is -2.27. The smallest absolute Gasteiger partial charge is 0.240 e. The van der Waals surface area contributed by atoms with Gasteiger partial charge in [-0.2, -0.15) is 0 Å². The largest absolute Gasteiger partial charge is 0.349 e. The number of hydrogen-bond acceptors (Lipinski definition) is 3. The second kappa shape index (κ2) is 7.19. The Kier molecular flexibility index (Phi) is 4.43. The Morgan fingerprint density at radius 1 is 0.962 bits per heavy atom. The molecule has 128 valence electrons. The van der Waals surface area contributed by atoms with Crippen molar-refractivity contribution >= 4 is 16.8 Å². The lowest BCUT2D eigenvalue weighted by atomic mass is 10.1. The van der Waals surface area contributed by atoms with Crippen LogP contribution in [-0.2, 0) is 17.9 Å². The molecule has 5 nitrogen and oxygen atoms in total. The van der Waals surface area contributed by atoms with E-state index < -0.39 is 0 Å². The Morgan fingerprint density at radius 2 is 1.77 bits per heavy atom. The Balaban J connectivity index is 1.42. The average molecular weight is 342 g/mol. The first-order valence-electron chi connectivity index (χ1n) is 8.46. The van der Waals surface area contributed by atoms with E-state index in [0.29, 0.717) is 6.54 Å². The molecule has 0 atom stereocenters. The maximum Gasteiger partial charge on any atom is 0.240 e. The zero-order valence-electron chi connectivity index (χ0n) is 14.2. The number of rotatable bonds is 5. The third-order valence-corrected chi connectivity index (χ3v) is 4.25. The van der Waals surface area contributed by atoms with Crippen molar-refractivity contribution in [2.75, 3.05) is 0 Å². The van der Waals surface area contributed by atoms with Crippen LogP contribution in [0.15, 0.2) is 79.3 Å². The molecule has 0 unspecified atom stereocenters. The normalized spacial score (nSPS) is 10.8. The number of carbonyl (C=O) groups is 1. The van der Waals surface area contributed by atoms with Crippen molar-refractivity contribution in [2.24, 2.45) is 0 Å². The monoisotopic (exact) mass is 342 g/mol. The molecule has 0 saturated carbocycles. The first kappa shape index (κ1) is 16.0. The highest BCUT2D eigenvalue weighted by molar-refractivity contribution is 5.83. The van der Waals surface area contributed by atoms with Crippen molar-refractivity contribution in [3.05, 3.63) is 84.9 Å². The summed E-state index contributed by atoms with van der Waals surface area (Å²) in [4.78, 5) is 20.9. The maximum atomic E-state index is 12.3. The van der Waals surface area contributed by atoms with Gasteiger partial charge in [0.15, 0.2) is 0 Å². The Labute approximate surface area is 151 Å². The van der Waals surface area contributed by atoms with Crippen molar-refractivity contribution in [3.63, 3.8) is 0 Å². The van der Waals surface area contributed by atoms with Gasteiger partial charge in [0.25, 0.3) is 0 Å². The maximum absolute atomic E-state index is 12.3. The predicted octanol–water partition coefficient (Wildman–Crippen LogP) is 3.41. The van der Waals surface area contributed by atoms with E-state index in [4.69, 9.17) is 0 Å². The highest BCUT2D eigenvalue weighted by Gasteiger charge is 2.07. The molecular weight excluding hydrogens is 324 g/mol. The van der Waals surface area contributed by atoms with E-state index in [1.807, 2.05) is 77.5 Å². The molecule has 2 heterocycles. The summed E-state index contributed by atoms with van der Waals surface area (Å²) in [7, 11) is 0. The van der Waals surface area contributed by atoms with E-state index in [9.17, 15) is 4.79 Å². The second-order valence-corrected chi connectivity index (χ2v) is 6.04. The lowest BCUT2D eigenvalue weighted by Gasteiger charge is -2.08. The molecule has 26 heavy (non-hydrogen) atoms. The summed E-state index contributed by atoms with van der Waals surface area (Å²) in [6, 6.07) is 21.9. The lowest BCUT2D eigenvalue weighted by molar-refractivity contribution is -0.121. The number of para-hydroxylation sites is 1. The molecular formula is C21H18N4O.